The maximum absolute atomic E-state index is 13.3. The Morgan fingerprint density at radius 3 is 2.83 bits per heavy atom. The zero-order valence-electron chi connectivity index (χ0n) is 22.7. The quantitative estimate of drug-likeness (QED) is 0.244. The number of nitrogens with zero attached hydrogens (tertiary/aromatic N) is 2. The van der Waals surface area contributed by atoms with Gasteiger partial charge in [-0.2, -0.15) is 5.10 Å². The molecule has 1 aliphatic carbocycles. The van der Waals surface area contributed by atoms with Gasteiger partial charge >= 0.3 is 0 Å². The predicted octanol–water partition coefficient (Wildman–Crippen LogP) is 5.47. The first-order valence-electron chi connectivity index (χ1n) is 13.5. The van der Waals surface area contributed by atoms with Crippen LogP contribution in [0, 0.1) is 11.3 Å². The second-order valence-electron chi connectivity index (χ2n) is 11.1. The van der Waals surface area contributed by atoms with Crippen LogP contribution in [0.5, 0.6) is 0 Å². The highest BCUT2D eigenvalue weighted by Gasteiger charge is 2.27. The Morgan fingerprint density at radius 1 is 1.25 bits per heavy atom. The summed E-state index contributed by atoms with van der Waals surface area (Å²) in [5.74, 6) is 0.433. The predicted molar refractivity (Wildman–Crippen MR) is 147 cm³/mol. The van der Waals surface area contributed by atoms with Crippen molar-refractivity contribution in [3.8, 4) is 11.4 Å². The third kappa shape index (κ3) is 6.19. The largest absolute Gasteiger partial charge is 0.382 e. The number of carbonyl (C=O) groups is 1. The number of H-pyrrole nitrogens is 2. The van der Waals surface area contributed by atoms with E-state index in [0.717, 1.165) is 53.8 Å². The number of aromatic amines is 2. The van der Waals surface area contributed by atoms with Gasteiger partial charge in [-0.15, -0.1) is 0 Å². The van der Waals surface area contributed by atoms with Crippen molar-refractivity contribution in [2.24, 2.45) is 11.3 Å². The Kier molecular flexibility index (Phi) is 8.52. The summed E-state index contributed by atoms with van der Waals surface area (Å²) in [5.41, 5.74) is 7.01. The lowest BCUT2D eigenvalue weighted by molar-refractivity contribution is -0.119. The van der Waals surface area contributed by atoms with Gasteiger partial charge in [0, 0.05) is 60.6 Å². The Hall–Kier alpha value is -2.64. The van der Waals surface area contributed by atoms with Crippen molar-refractivity contribution in [2.45, 2.75) is 66.2 Å². The molecule has 0 spiro atoms. The molecule has 1 unspecified atom stereocenters. The first-order chi connectivity index (χ1) is 17.3. The van der Waals surface area contributed by atoms with Crippen LogP contribution in [-0.2, 0) is 22.4 Å². The molecule has 7 heteroatoms. The number of amides is 1. The van der Waals surface area contributed by atoms with E-state index < -0.39 is 0 Å². The topological polar surface area (TPSA) is 86.0 Å². The van der Waals surface area contributed by atoms with Gasteiger partial charge in [-0.25, -0.2) is 0 Å². The van der Waals surface area contributed by atoms with Crippen LogP contribution >= 0.6 is 0 Å². The number of nitrogens with one attached hydrogen (secondary N) is 3. The summed E-state index contributed by atoms with van der Waals surface area (Å²) in [6.07, 6.45) is 5.85. The zero-order valence-corrected chi connectivity index (χ0v) is 22.7. The van der Waals surface area contributed by atoms with Crippen LogP contribution in [0.15, 0.2) is 24.3 Å². The summed E-state index contributed by atoms with van der Waals surface area (Å²) in [4.78, 5) is 18.8. The molecule has 0 radical (unpaired) electrons. The maximum atomic E-state index is 13.3. The van der Waals surface area contributed by atoms with E-state index in [-0.39, 0.29) is 11.8 Å². The lowest BCUT2D eigenvalue weighted by Crippen LogP contribution is -2.37. The molecule has 0 saturated carbocycles. The van der Waals surface area contributed by atoms with Gasteiger partial charge in [0.15, 0.2) is 0 Å². The molecule has 1 amide bonds. The number of aryl methyl sites for hydroxylation is 1. The minimum Gasteiger partial charge on any atom is -0.382 e. The lowest BCUT2D eigenvalue weighted by atomic mass is 9.84. The van der Waals surface area contributed by atoms with Gasteiger partial charge < -0.3 is 19.9 Å². The molecule has 1 atom stereocenters. The van der Waals surface area contributed by atoms with Gasteiger partial charge in [0.05, 0.1) is 5.69 Å². The standard InChI is InChI=1S/C29H43N5O2/c1-6-36-16-11-20(2)17-27(35)34(15-14-30-5)22-8-7-21-18-26(31-25(21)19-22)28-23-9-12-29(3,4)13-10-24(23)32-33-28/h7-8,18-20,30-31H,6,9-17H2,1-5H3,(H,32,33). The fourth-order valence-electron chi connectivity index (χ4n) is 5.12. The number of likely N-dealkylation sites (N-methyl/N-ethyl adjacent to an activating group) is 1. The van der Waals surface area contributed by atoms with E-state index in [1.807, 2.05) is 18.9 Å². The summed E-state index contributed by atoms with van der Waals surface area (Å²) in [5, 5.41) is 12.3. The SMILES string of the molecule is CCOCCC(C)CC(=O)N(CCNC)c1ccc2cc(-c3n[nH]c4c3CCC(C)(C)CC4)[nH]c2c1. The number of carbonyl (C=O) groups excluding carboxylic acids is 1. The molecule has 1 aromatic carbocycles. The second kappa shape index (κ2) is 11.6. The molecule has 2 heterocycles. The molecular formula is C29H43N5O2. The number of hydrogen-bond donors (Lipinski definition) is 3. The van der Waals surface area contributed by atoms with Crippen molar-refractivity contribution >= 4 is 22.5 Å². The first kappa shape index (κ1) is 26.4. The van der Waals surface area contributed by atoms with E-state index in [2.05, 4.69) is 60.4 Å². The smallest absolute Gasteiger partial charge is 0.227 e. The summed E-state index contributed by atoms with van der Waals surface area (Å²) >= 11 is 0. The molecule has 3 aromatic rings. The monoisotopic (exact) mass is 493 g/mol. The number of rotatable bonds is 11. The van der Waals surface area contributed by atoms with Crippen molar-refractivity contribution in [3.63, 3.8) is 0 Å². The normalized spacial score (nSPS) is 16.0. The van der Waals surface area contributed by atoms with Crippen LogP contribution in [0.4, 0.5) is 5.69 Å². The van der Waals surface area contributed by atoms with Crippen LogP contribution in [0.25, 0.3) is 22.3 Å². The second-order valence-corrected chi connectivity index (χ2v) is 11.1. The summed E-state index contributed by atoms with van der Waals surface area (Å²) in [7, 11) is 1.92. The average molecular weight is 494 g/mol. The lowest BCUT2D eigenvalue weighted by Gasteiger charge is -2.24. The van der Waals surface area contributed by atoms with Crippen molar-refractivity contribution in [1.82, 2.24) is 20.5 Å². The molecule has 1 aliphatic rings. The van der Waals surface area contributed by atoms with Crippen LogP contribution in [0.2, 0.25) is 0 Å². The van der Waals surface area contributed by atoms with Crippen molar-refractivity contribution in [3.05, 3.63) is 35.5 Å². The van der Waals surface area contributed by atoms with Gasteiger partial charge in [-0.05, 0) is 75.6 Å². The molecule has 196 valence electrons. The summed E-state index contributed by atoms with van der Waals surface area (Å²) < 4.78 is 5.48. The van der Waals surface area contributed by atoms with E-state index in [1.165, 1.54) is 24.1 Å². The maximum Gasteiger partial charge on any atom is 0.227 e. The fourth-order valence-corrected chi connectivity index (χ4v) is 5.12. The number of hydrogen-bond acceptors (Lipinski definition) is 4. The van der Waals surface area contributed by atoms with E-state index in [0.29, 0.717) is 31.6 Å². The van der Waals surface area contributed by atoms with Crippen molar-refractivity contribution in [2.75, 3.05) is 38.3 Å². The van der Waals surface area contributed by atoms with Gasteiger partial charge in [0.2, 0.25) is 5.91 Å². The van der Waals surface area contributed by atoms with Crippen LogP contribution in [-0.4, -0.2) is 54.4 Å². The number of ether oxygens (including phenoxy) is 1. The molecule has 7 nitrogen and oxygen atoms in total. The van der Waals surface area contributed by atoms with E-state index in [1.54, 1.807) is 0 Å². The zero-order chi connectivity index (χ0) is 25.7. The summed E-state index contributed by atoms with van der Waals surface area (Å²) in [6, 6.07) is 8.45. The highest BCUT2D eigenvalue weighted by atomic mass is 16.5. The van der Waals surface area contributed by atoms with Crippen LogP contribution < -0.4 is 10.2 Å². The number of aromatic nitrogens is 3. The van der Waals surface area contributed by atoms with Crippen LogP contribution in [0.1, 0.15) is 64.6 Å². The Balaban J connectivity index is 1.56. The minimum atomic E-state index is 0.153. The summed E-state index contributed by atoms with van der Waals surface area (Å²) in [6.45, 7) is 11.6. The fraction of sp³-hybridized carbons (Fsp3) is 0.586. The molecule has 0 fully saturated rings. The van der Waals surface area contributed by atoms with Gasteiger partial charge in [-0.3, -0.25) is 9.89 Å². The highest BCUT2D eigenvalue weighted by Crippen LogP contribution is 2.37. The van der Waals surface area contributed by atoms with Gasteiger partial charge in [0.25, 0.3) is 0 Å². The van der Waals surface area contributed by atoms with E-state index in [9.17, 15) is 4.79 Å². The van der Waals surface area contributed by atoms with Crippen molar-refractivity contribution in [1.29, 1.82) is 0 Å². The third-order valence-corrected chi connectivity index (χ3v) is 7.60. The Bertz CT molecular complexity index is 1160. The third-order valence-electron chi connectivity index (χ3n) is 7.60. The molecule has 0 bridgehead atoms. The van der Waals surface area contributed by atoms with Crippen LogP contribution in [0.3, 0.4) is 0 Å². The molecule has 4 rings (SSSR count). The molecule has 0 aliphatic heterocycles. The molecule has 2 aromatic heterocycles. The molecule has 3 N–H and O–H groups in total. The highest BCUT2D eigenvalue weighted by molar-refractivity contribution is 5.96. The molecule has 0 saturated heterocycles. The molecular weight excluding hydrogens is 450 g/mol. The Labute approximate surface area is 215 Å². The van der Waals surface area contributed by atoms with E-state index >= 15 is 0 Å². The number of benzene rings is 1. The Morgan fingerprint density at radius 2 is 2.06 bits per heavy atom. The first-order valence-corrected chi connectivity index (χ1v) is 13.5. The van der Waals surface area contributed by atoms with Crippen molar-refractivity contribution < 1.29 is 9.53 Å². The average Bonchev–Trinajstić information content (AvgIpc) is 3.41. The number of fused-ring (bicyclic) bond motifs is 2. The molecule has 36 heavy (non-hydrogen) atoms. The van der Waals surface area contributed by atoms with Gasteiger partial charge in [0.1, 0.15) is 5.69 Å². The van der Waals surface area contributed by atoms with E-state index in [4.69, 9.17) is 9.84 Å². The minimum absolute atomic E-state index is 0.153. The van der Waals surface area contributed by atoms with Gasteiger partial charge in [-0.1, -0.05) is 26.8 Å². The number of anilines is 1.